The Bertz CT molecular complexity index is 1370. The fraction of sp³-hybridized carbons (Fsp3) is 0.182. The van der Waals surface area contributed by atoms with Gasteiger partial charge >= 0.3 is 6.18 Å². The maximum Gasteiger partial charge on any atom is 0.418 e. The number of hydrogen-bond acceptors (Lipinski definition) is 4. The molecule has 0 unspecified atom stereocenters. The van der Waals surface area contributed by atoms with Gasteiger partial charge in [-0.05, 0) is 29.7 Å². The quantitative estimate of drug-likeness (QED) is 0.610. The normalized spacial score (nSPS) is 14.4. The average molecular weight is 477 g/mol. The summed E-state index contributed by atoms with van der Waals surface area (Å²) in [7, 11) is -2.69. The van der Waals surface area contributed by atoms with Gasteiger partial charge < -0.3 is 10.2 Å². The summed E-state index contributed by atoms with van der Waals surface area (Å²) in [5, 5.41) is 3.38. The number of halogens is 3. The van der Waals surface area contributed by atoms with Gasteiger partial charge in [0.25, 0.3) is 10.0 Å². The number of amides is 2. The third kappa shape index (κ3) is 4.11. The van der Waals surface area contributed by atoms with Crippen molar-refractivity contribution < 1.29 is 31.2 Å². The number of para-hydroxylation sites is 1. The molecule has 0 aromatic heterocycles. The van der Waals surface area contributed by atoms with Crippen molar-refractivity contribution in [2.45, 2.75) is 11.1 Å². The van der Waals surface area contributed by atoms with Crippen LogP contribution in [0, 0.1) is 0 Å². The van der Waals surface area contributed by atoms with E-state index in [4.69, 9.17) is 0 Å². The minimum absolute atomic E-state index is 0.0903. The lowest BCUT2D eigenvalue weighted by molar-refractivity contribution is -0.137. The predicted molar refractivity (Wildman–Crippen MR) is 116 cm³/mol. The van der Waals surface area contributed by atoms with E-state index in [1.165, 1.54) is 25.2 Å². The Morgan fingerprint density at radius 1 is 1.00 bits per heavy atom. The van der Waals surface area contributed by atoms with Crippen molar-refractivity contribution >= 4 is 44.0 Å². The Kier molecular flexibility index (Phi) is 5.52. The lowest BCUT2D eigenvalue weighted by Crippen LogP contribution is -2.42. The predicted octanol–water partition coefficient (Wildman–Crippen LogP) is 3.46. The number of alkyl halides is 3. The highest BCUT2D eigenvalue weighted by Gasteiger charge is 2.37. The molecule has 0 radical (unpaired) electrons. The van der Waals surface area contributed by atoms with Gasteiger partial charge in [-0.3, -0.25) is 13.9 Å². The Balaban J connectivity index is 1.48. The van der Waals surface area contributed by atoms with Gasteiger partial charge in [0.05, 0.1) is 28.4 Å². The highest BCUT2D eigenvalue weighted by Crippen LogP contribution is 2.41. The van der Waals surface area contributed by atoms with E-state index in [0.29, 0.717) is 16.5 Å². The molecule has 0 saturated carbocycles. The second kappa shape index (κ2) is 8.07. The smallest absolute Gasteiger partial charge is 0.335 e. The van der Waals surface area contributed by atoms with Crippen LogP contribution in [0.5, 0.6) is 0 Å². The zero-order chi connectivity index (χ0) is 24.0. The van der Waals surface area contributed by atoms with Crippen LogP contribution in [0.15, 0.2) is 65.6 Å². The number of sulfonamides is 1. The molecule has 3 aromatic rings. The standard InChI is InChI=1S/C22H18F3N3O4S/c1-27(12-19(29)26-16-9-3-2-8-15(16)22(23,24)25)20(30)13-28-17-10-4-6-14-7-5-11-18(21(14)17)33(28,31)32/h2-11H,12-13H2,1H3,(H,26,29). The molecule has 0 atom stereocenters. The number of rotatable bonds is 5. The van der Waals surface area contributed by atoms with Gasteiger partial charge in [0.1, 0.15) is 6.54 Å². The van der Waals surface area contributed by atoms with Gasteiger partial charge in [0.15, 0.2) is 0 Å². The molecular formula is C22H18F3N3O4S. The Labute approximate surface area is 187 Å². The van der Waals surface area contributed by atoms with Crippen LogP contribution < -0.4 is 9.62 Å². The third-order valence-electron chi connectivity index (χ3n) is 5.27. The first kappa shape index (κ1) is 22.6. The van der Waals surface area contributed by atoms with E-state index >= 15 is 0 Å². The number of benzene rings is 3. The van der Waals surface area contributed by atoms with Gasteiger partial charge in [0, 0.05) is 12.4 Å². The van der Waals surface area contributed by atoms with E-state index in [2.05, 4.69) is 5.32 Å². The van der Waals surface area contributed by atoms with Crippen LogP contribution >= 0.6 is 0 Å². The number of carbonyl (C=O) groups is 2. The molecule has 0 saturated heterocycles. The summed E-state index contributed by atoms with van der Waals surface area (Å²) in [6.07, 6.45) is -4.66. The first-order chi connectivity index (χ1) is 15.5. The third-order valence-corrected chi connectivity index (χ3v) is 7.08. The van der Waals surface area contributed by atoms with Crippen LogP contribution in [0.3, 0.4) is 0 Å². The lowest BCUT2D eigenvalue weighted by atomic mass is 10.1. The SMILES string of the molecule is CN(CC(=O)Nc1ccccc1C(F)(F)F)C(=O)CN1c2cccc3cccc(c23)S1(=O)=O. The van der Waals surface area contributed by atoms with Crippen LogP contribution in [-0.4, -0.2) is 45.3 Å². The van der Waals surface area contributed by atoms with E-state index in [0.717, 1.165) is 21.3 Å². The Morgan fingerprint density at radius 3 is 2.36 bits per heavy atom. The molecule has 4 rings (SSSR count). The topological polar surface area (TPSA) is 86.8 Å². The molecule has 1 aliphatic rings. The Morgan fingerprint density at radius 2 is 1.67 bits per heavy atom. The maximum atomic E-state index is 13.1. The summed E-state index contributed by atoms with van der Waals surface area (Å²) < 4.78 is 66.3. The number of nitrogens with one attached hydrogen (secondary N) is 1. The van der Waals surface area contributed by atoms with Gasteiger partial charge in [-0.15, -0.1) is 0 Å². The largest absolute Gasteiger partial charge is 0.418 e. The van der Waals surface area contributed by atoms with Crippen LogP contribution in [0.25, 0.3) is 10.8 Å². The molecule has 7 nitrogen and oxygen atoms in total. The molecule has 0 aliphatic carbocycles. The molecule has 2 amide bonds. The van der Waals surface area contributed by atoms with Crippen molar-refractivity contribution in [2.24, 2.45) is 0 Å². The average Bonchev–Trinajstić information content (AvgIpc) is 2.96. The number of carbonyl (C=O) groups excluding carboxylic acids is 2. The summed E-state index contributed by atoms with van der Waals surface area (Å²) in [5.74, 6) is -1.54. The van der Waals surface area contributed by atoms with Gasteiger partial charge in [-0.25, -0.2) is 8.42 Å². The molecule has 33 heavy (non-hydrogen) atoms. The van der Waals surface area contributed by atoms with Crippen molar-refractivity contribution in [3.05, 3.63) is 66.2 Å². The van der Waals surface area contributed by atoms with E-state index in [-0.39, 0.29) is 4.90 Å². The van der Waals surface area contributed by atoms with Crippen molar-refractivity contribution in [3.63, 3.8) is 0 Å². The second-order valence-electron chi connectivity index (χ2n) is 7.48. The number of nitrogens with zero attached hydrogens (tertiary/aromatic N) is 2. The van der Waals surface area contributed by atoms with E-state index in [1.54, 1.807) is 30.3 Å². The molecule has 3 aromatic carbocycles. The van der Waals surface area contributed by atoms with Gasteiger partial charge in [0.2, 0.25) is 11.8 Å². The van der Waals surface area contributed by atoms with Crippen LogP contribution in [-0.2, 0) is 25.8 Å². The first-order valence-electron chi connectivity index (χ1n) is 9.74. The number of likely N-dealkylation sites (N-methyl/N-ethyl adjacent to an activating group) is 1. The summed E-state index contributed by atoms with van der Waals surface area (Å²) in [6, 6.07) is 14.3. The van der Waals surface area contributed by atoms with Crippen molar-refractivity contribution in [2.75, 3.05) is 29.8 Å². The zero-order valence-electron chi connectivity index (χ0n) is 17.3. The zero-order valence-corrected chi connectivity index (χ0v) is 18.1. The van der Waals surface area contributed by atoms with Crippen LogP contribution in [0.2, 0.25) is 0 Å². The van der Waals surface area contributed by atoms with Gasteiger partial charge in [-0.1, -0.05) is 36.4 Å². The Hall–Kier alpha value is -3.60. The van der Waals surface area contributed by atoms with Crippen LogP contribution in [0.1, 0.15) is 5.56 Å². The molecular weight excluding hydrogens is 459 g/mol. The molecule has 172 valence electrons. The van der Waals surface area contributed by atoms with Crippen LogP contribution in [0.4, 0.5) is 24.5 Å². The first-order valence-corrected chi connectivity index (χ1v) is 11.2. The molecule has 0 spiro atoms. The highest BCUT2D eigenvalue weighted by molar-refractivity contribution is 7.93. The van der Waals surface area contributed by atoms with E-state index in [9.17, 15) is 31.2 Å². The summed E-state index contributed by atoms with van der Waals surface area (Å²) in [5.41, 5.74) is -1.09. The lowest BCUT2D eigenvalue weighted by Gasteiger charge is -2.23. The molecule has 1 N–H and O–H groups in total. The molecule has 0 bridgehead atoms. The second-order valence-corrected chi connectivity index (χ2v) is 9.32. The fourth-order valence-electron chi connectivity index (χ4n) is 3.70. The molecule has 0 fully saturated rings. The molecule has 1 aliphatic heterocycles. The maximum absolute atomic E-state index is 13.1. The number of hydrogen-bond donors (Lipinski definition) is 1. The fourth-order valence-corrected chi connectivity index (χ4v) is 5.36. The van der Waals surface area contributed by atoms with E-state index in [1.807, 2.05) is 0 Å². The van der Waals surface area contributed by atoms with Crippen molar-refractivity contribution in [1.29, 1.82) is 0 Å². The summed E-state index contributed by atoms with van der Waals surface area (Å²) in [4.78, 5) is 26.1. The molecule has 11 heteroatoms. The van der Waals surface area contributed by atoms with E-state index < -0.39 is 52.4 Å². The summed E-state index contributed by atoms with van der Waals surface area (Å²) in [6.45, 7) is -1.12. The number of anilines is 2. The minimum Gasteiger partial charge on any atom is -0.335 e. The monoisotopic (exact) mass is 477 g/mol. The summed E-state index contributed by atoms with van der Waals surface area (Å²) >= 11 is 0. The minimum atomic E-state index is -4.66. The van der Waals surface area contributed by atoms with Crippen molar-refractivity contribution in [1.82, 2.24) is 4.90 Å². The van der Waals surface area contributed by atoms with Crippen molar-refractivity contribution in [3.8, 4) is 0 Å². The highest BCUT2D eigenvalue weighted by atomic mass is 32.2. The molecule has 1 heterocycles. The van der Waals surface area contributed by atoms with Gasteiger partial charge in [-0.2, -0.15) is 13.2 Å².